The molecule has 0 saturated heterocycles. The summed E-state index contributed by atoms with van der Waals surface area (Å²) < 4.78 is 21.2. The molecule has 0 saturated carbocycles. The van der Waals surface area contributed by atoms with Gasteiger partial charge in [0.05, 0.1) is 30.1 Å². The minimum Gasteiger partial charge on any atom is -0.383 e. The molecule has 0 bridgehead atoms. The van der Waals surface area contributed by atoms with Crippen LogP contribution in [0.25, 0.3) is 0 Å². The second-order valence-electron chi connectivity index (χ2n) is 3.98. The molecular weight excluding hydrogens is 245 g/mol. The first kappa shape index (κ1) is 14.4. The van der Waals surface area contributed by atoms with E-state index in [2.05, 4.69) is 5.10 Å². The Balaban J connectivity index is 3.04. The Morgan fingerprint density at radius 1 is 1.65 bits per heavy atom. The van der Waals surface area contributed by atoms with Crippen molar-refractivity contribution in [3.63, 3.8) is 0 Å². The molecule has 98 valence electrons. The first-order valence-electron chi connectivity index (χ1n) is 5.68. The van der Waals surface area contributed by atoms with Crippen LogP contribution in [0, 0.1) is 0 Å². The van der Waals surface area contributed by atoms with E-state index in [1.54, 1.807) is 7.11 Å². The summed E-state index contributed by atoms with van der Waals surface area (Å²) in [7, 11) is 1.59. The van der Waals surface area contributed by atoms with Crippen LogP contribution in [0.4, 0.5) is 4.39 Å². The molecule has 2 N–H and O–H groups in total. The monoisotopic (exact) mass is 263 g/mol. The Hall–Kier alpha value is -0.650. The summed E-state index contributed by atoms with van der Waals surface area (Å²) in [5.41, 5.74) is 4.29. The highest BCUT2D eigenvalue weighted by molar-refractivity contribution is 6.31. The van der Waals surface area contributed by atoms with E-state index in [4.69, 9.17) is 22.1 Å². The molecule has 1 unspecified atom stereocenters. The minimum atomic E-state index is -1.62. The third kappa shape index (κ3) is 3.18. The lowest BCUT2D eigenvalue weighted by molar-refractivity contribution is 0.135. The molecule has 0 spiro atoms. The highest BCUT2D eigenvalue weighted by Crippen LogP contribution is 2.34. The molecule has 0 fully saturated rings. The Kier molecular flexibility index (Phi) is 5.36. The molecule has 1 rings (SSSR count). The second kappa shape index (κ2) is 6.33. The smallest absolute Gasteiger partial charge is 0.165 e. The molecule has 0 radical (unpaired) electrons. The van der Waals surface area contributed by atoms with Gasteiger partial charge < -0.3 is 10.5 Å². The molecule has 0 amide bonds. The zero-order chi connectivity index (χ0) is 12.9. The largest absolute Gasteiger partial charge is 0.383 e. The summed E-state index contributed by atoms with van der Waals surface area (Å²) in [6.07, 6.45) is 2.48. The van der Waals surface area contributed by atoms with Crippen molar-refractivity contribution >= 4 is 11.6 Å². The van der Waals surface area contributed by atoms with Crippen molar-refractivity contribution in [2.45, 2.75) is 32.0 Å². The van der Waals surface area contributed by atoms with Crippen molar-refractivity contribution in [2.24, 2.45) is 5.73 Å². The van der Waals surface area contributed by atoms with Crippen LogP contribution in [-0.2, 0) is 17.0 Å². The Morgan fingerprint density at radius 3 is 2.88 bits per heavy atom. The summed E-state index contributed by atoms with van der Waals surface area (Å²) in [6.45, 7) is 2.73. The first-order valence-corrected chi connectivity index (χ1v) is 6.06. The van der Waals surface area contributed by atoms with Gasteiger partial charge >= 0.3 is 0 Å². The highest BCUT2D eigenvalue weighted by Gasteiger charge is 2.35. The quantitative estimate of drug-likeness (QED) is 0.820. The van der Waals surface area contributed by atoms with Gasteiger partial charge in [-0.3, -0.25) is 4.68 Å². The lowest BCUT2D eigenvalue weighted by Gasteiger charge is -2.24. The molecule has 0 aromatic carbocycles. The van der Waals surface area contributed by atoms with Gasteiger partial charge in [0.25, 0.3) is 0 Å². The van der Waals surface area contributed by atoms with Crippen LogP contribution < -0.4 is 5.73 Å². The van der Waals surface area contributed by atoms with Crippen molar-refractivity contribution in [3.8, 4) is 0 Å². The number of halogens is 2. The zero-order valence-corrected chi connectivity index (χ0v) is 11.0. The van der Waals surface area contributed by atoms with Gasteiger partial charge in [-0.1, -0.05) is 24.9 Å². The van der Waals surface area contributed by atoms with Crippen LogP contribution in [0.3, 0.4) is 0 Å². The van der Waals surface area contributed by atoms with E-state index in [9.17, 15) is 4.39 Å². The van der Waals surface area contributed by atoms with Crippen molar-refractivity contribution < 1.29 is 9.13 Å². The Labute approximate surface area is 106 Å². The number of rotatable bonds is 7. The van der Waals surface area contributed by atoms with Crippen molar-refractivity contribution in [3.05, 3.63) is 16.9 Å². The topological polar surface area (TPSA) is 53.1 Å². The standard InChI is InChI=1S/C11H19ClFN3O/c1-3-4-11(13,8-14)10-9(12)7-15-16(10)5-6-17-2/h7H,3-6,8,14H2,1-2H3. The fourth-order valence-electron chi connectivity index (χ4n) is 1.87. The van der Waals surface area contributed by atoms with Crippen molar-refractivity contribution in [2.75, 3.05) is 20.3 Å². The van der Waals surface area contributed by atoms with Crippen molar-refractivity contribution in [1.82, 2.24) is 9.78 Å². The third-order valence-electron chi connectivity index (χ3n) is 2.70. The molecule has 1 heterocycles. The minimum absolute atomic E-state index is 0.0980. The molecule has 4 nitrogen and oxygen atoms in total. The van der Waals surface area contributed by atoms with Gasteiger partial charge in [0, 0.05) is 13.7 Å². The van der Waals surface area contributed by atoms with Crippen LogP contribution in [0.2, 0.25) is 5.02 Å². The summed E-state index contributed by atoms with van der Waals surface area (Å²) in [6, 6.07) is 0. The number of ether oxygens (including phenoxy) is 1. The normalized spacial score (nSPS) is 14.9. The predicted molar refractivity (Wildman–Crippen MR) is 65.9 cm³/mol. The van der Waals surface area contributed by atoms with E-state index in [1.165, 1.54) is 10.9 Å². The maximum atomic E-state index is 14.7. The molecule has 17 heavy (non-hydrogen) atoms. The lowest BCUT2D eigenvalue weighted by atomic mass is 9.96. The van der Waals surface area contributed by atoms with Crippen LogP contribution in [0.5, 0.6) is 0 Å². The number of nitrogens with zero attached hydrogens (tertiary/aromatic N) is 2. The van der Waals surface area contributed by atoms with Gasteiger partial charge in [-0.15, -0.1) is 0 Å². The summed E-state index contributed by atoms with van der Waals surface area (Å²) in [4.78, 5) is 0. The SMILES string of the molecule is CCCC(F)(CN)c1c(Cl)cnn1CCOC. The Morgan fingerprint density at radius 2 is 2.35 bits per heavy atom. The molecule has 0 aliphatic rings. The zero-order valence-electron chi connectivity index (χ0n) is 10.2. The summed E-state index contributed by atoms with van der Waals surface area (Å²) in [5.74, 6) is 0. The van der Waals surface area contributed by atoms with E-state index in [-0.39, 0.29) is 6.54 Å². The first-order chi connectivity index (χ1) is 8.09. The molecule has 6 heteroatoms. The second-order valence-corrected chi connectivity index (χ2v) is 4.38. The van der Waals surface area contributed by atoms with E-state index in [1.807, 2.05) is 6.92 Å². The fraction of sp³-hybridized carbons (Fsp3) is 0.727. The van der Waals surface area contributed by atoms with Gasteiger partial charge in [-0.2, -0.15) is 5.10 Å². The number of methoxy groups -OCH3 is 1. The fourth-order valence-corrected chi connectivity index (χ4v) is 2.18. The van der Waals surface area contributed by atoms with E-state index < -0.39 is 5.67 Å². The molecule has 0 aliphatic carbocycles. The van der Waals surface area contributed by atoms with Crippen molar-refractivity contribution in [1.29, 1.82) is 0 Å². The van der Waals surface area contributed by atoms with Gasteiger partial charge in [-0.05, 0) is 6.42 Å². The number of hydrogen-bond donors (Lipinski definition) is 1. The van der Waals surface area contributed by atoms with E-state index in [0.29, 0.717) is 36.7 Å². The molecule has 1 aromatic rings. The molecule has 0 aliphatic heterocycles. The van der Waals surface area contributed by atoms with E-state index in [0.717, 1.165) is 0 Å². The average molecular weight is 264 g/mol. The van der Waals surface area contributed by atoms with Gasteiger partial charge in [0.15, 0.2) is 5.67 Å². The Bertz CT molecular complexity index is 358. The third-order valence-corrected chi connectivity index (χ3v) is 2.97. The van der Waals surface area contributed by atoms with Gasteiger partial charge in [0.2, 0.25) is 0 Å². The molecule has 1 aromatic heterocycles. The predicted octanol–water partition coefficient (Wildman–Crippen LogP) is 2.11. The highest BCUT2D eigenvalue weighted by atomic mass is 35.5. The number of hydrogen-bond acceptors (Lipinski definition) is 3. The molecular formula is C11H19ClFN3O. The van der Waals surface area contributed by atoms with Crippen LogP contribution in [0.1, 0.15) is 25.5 Å². The van der Waals surface area contributed by atoms with E-state index >= 15 is 0 Å². The summed E-state index contributed by atoms with van der Waals surface area (Å²) >= 11 is 6.00. The van der Waals surface area contributed by atoms with Crippen LogP contribution in [0.15, 0.2) is 6.20 Å². The number of alkyl halides is 1. The maximum Gasteiger partial charge on any atom is 0.165 e. The van der Waals surface area contributed by atoms with Crippen LogP contribution in [-0.4, -0.2) is 30.0 Å². The molecule has 1 atom stereocenters. The average Bonchev–Trinajstić information content (AvgIpc) is 2.68. The van der Waals surface area contributed by atoms with Gasteiger partial charge in [0.1, 0.15) is 0 Å². The number of aromatic nitrogens is 2. The summed E-state index contributed by atoms with van der Waals surface area (Å²) in [5, 5.41) is 4.38. The van der Waals surface area contributed by atoms with Gasteiger partial charge in [-0.25, -0.2) is 4.39 Å². The van der Waals surface area contributed by atoms with Crippen LogP contribution >= 0.6 is 11.6 Å². The lowest BCUT2D eigenvalue weighted by Crippen LogP contribution is -2.33. The number of nitrogens with two attached hydrogens (primary N) is 1. The maximum absolute atomic E-state index is 14.7.